The number of fused-ring (bicyclic) bond motifs is 2. The summed E-state index contributed by atoms with van der Waals surface area (Å²) in [6.45, 7) is 5.06. The lowest BCUT2D eigenvalue weighted by Gasteiger charge is -2.25. The summed E-state index contributed by atoms with van der Waals surface area (Å²) in [6.07, 6.45) is 6.02. The van der Waals surface area contributed by atoms with Gasteiger partial charge in [0.25, 0.3) is 0 Å². The van der Waals surface area contributed by atoms with Gasteiger partial charge in [-0.25, -0.2) is 13.5 Å². The Bertz CT molecular complexity index is 1510. The summed E-state index contributed by atoms with van der Waals surface area (Å²) < 4.78 is 33.0. The number of carbonyl (C=O) groups excluding carboxylic acids is 1. The van der Waals surface area contributed by atoms with Crippen LogP contribution in [0, 0.1) is 25.5 Å². The van der Waals surface area contributed by atoms with E-state index in [9.17, 15) is 9.18 Å². The highest BCUT2D eigenvalue weighted by molar-refractivity contribution is 5.88. The molecule has 1 amide bonds. The number of hydrogen-bond donors (Lipinski definition) is 0. The van der Waals surface area contributed by atoms with Crippen molar-refractivity contribution in [1.82, 2.24) is 24.5 Å². The standard InChI is InChI=1S/C27H29F2N7O/c1-17-12-19(13-18(2)25(17)28)36-27(21-15-32(3)9-8-22(21)31-36)33(4)10-11-35(16-37)24-7-6-23-20(26(24)29)14-30-34(23)5/h6-7,10-14,16H,8-9,15H2,1-5H3/b11-10-. The van der Waals surface area contributed by atoms with Crippen LogP contribution in [0.2, 0.25) is 0 Å². The Kier molecular flexibility index (Phi) is 6.28. The summed E-state index contributed by atoms with van der Waals surface area (Å²) in [6, 6.07) is 6.85. The topological polar surface area (TPSA) is 62.4 Å². The van der Waals surface area contributed by atoms with Crippen LogP contribution in [0.5, 0.6) is 0 Å². The SMILES string of the molecule is Cc1cc(-n2nc3c(c2N(C)/C=C\N(C=O)c2ccc4c(cnn4C)c2F)CN(C)CC3)cc(C)c1F. The van der Waals surface area contributed by atoms with Gasteiger partial charge in [0.2, 0.25) is 6.41 Å². The van der Waals surface area contributed by atoms with E-state index >= 15 is 4.39 Å². The van der Waals surface area contributed by atoms with E-state index in [0.29, 0.717) is 35.0 Å². The molecule has 0 bridgehead atoms. The van der Waals surface area contributed by atoms with Crippen LogP contribution in [0.15, 0.2) is 42.9 Å². The number of amides is 1. The molecule has 8 nitrogen and oxygen atoms in total. The average Bonchev–Trinajstić information content (AvgIpc) is 3.44. The van der Waals surface area contributed by atoms with Crippen LogP contribution in [-0.4, -0.2) is 51.5 Å². The van der Waals surface area contributed by atoms with Gasteiger partial charge < -0.3 is 9.80 Å². The molecular formula is C27H29F2N7O. The zero-order chi connectivity index (χ0) is 26.4. The fourth-order valence-corrected chi connectivity index (χ4v) is 4.88. The Morgan fingerprint density at radius 3 is 2.49 bits per heavy atom. The Morgan fingerprint density at radius 2 is 1.78 bits per heavy atom. The maximum Gasteiger partial charge on any atom is 0.218 e. The van der Waals surface area contributed by atoms with Gasteiger partial charge in [-0.05, 0) is 56.3 Å². The van der Waals surface area contributed by atoms with Gasteiger partial charge >= 0.3 is 0 Å². The first-order valence-electron chi connectivity index (χ1n) is 12.0. The Balaban J connectivity index is 1.55. The van der Waals surface area contributed by atoms with Gasteiger partial charge in [0.1, 0.15) is 11.6 Å². The minimum atomic E-state index is -0.522. The van der Waals surface area contributed by atoms with Gasteiger partial charge in [0.05, 0.1) is 34.2 Å². The number of rotatable bonds is 6. The Labute approximate surface area is 214 Å². The van der Waals surface area contributed by atoms with Crippen molar-refractivity contribution in [3.8, 4) is 5.69 Å². The molecule has 2 aromatic heterocycles. The second kappa shape index (κ2) is 9.44. The Hall–Kier alpha value is -4.05. The molecule has 2 aromatic carbocycles. The third-order valence-corrected chi connectivity index (χ3v) is 6.89. The van der Waals surface area contributed by atoms with Crippen molar-refractivity contribution in [3.05, 3.63) is 76.9 Å². The number of nitrogens with zero attached hydrogens (tertiary/aromatic N) is 7. The molecule has 192 valence electrons. The predicted molar refractivity (Wildman–Crippen MR) is 140 cm³/mol. The second-order valence-corrected chi connectivity index (χ2v) is 9.56. The van der Waals surface area contributed by atoms with Crippen molar-refractivity contribution >= 4 is 28.8 Å². The fourth-order valence-electron chi connectivity index (χ4n) is 4.88. The molecule has 5 rings (SSSR count). The van der Waals surface area contributed by atoms with Crippen molar-refractivity contribution in [2.24, 2.45) is 7.05 Å². The summed E-state index contributed by atoms with van der Waals surface area (Å²) in [4.78, 5) is 17.2. The first-order valence-corrected chi connectivity index (χ1v) is 12.0. The van der Waals surface area contributed by atoms with Gasteiger partial charge in [0.15, 0.2) is 5.82 Å². The summed E-state index contributed by atoms with van der Waals surface area (Å²) in [5.74, 6) is 0.0491. The number of likely N-dealkylation sites (N-methyl/N-ethyl adjacent to an activating group) is 1. The molecule has 37 heavy (non-hydrogen) atoms. The minimum absolute atomic E-state index is 0.125. The van der Waals surface area contributed by atoms with Gasteiger partial charge in [-0.15, -0.1) is 0 Å². The molecule has 0 atom stereocenters. The van der Waals surface area contributed by atoms with E-state index in [2.05, 4.69) is 17.0 Å². The lowest BCUT2D eigenvalue weighted by Crippen LogP contribution is -2.27. The lowest BCUT2D eigenvalue weighted by molar-refractivity contribution is -0.107. The zero-order valence-electron chi connectivity index (χ0n) is 21.5. The number of aromatic nitrogens is 4. The first kappa shape index (κ1) is 24.6. The first-order chi connectivity index (χ1) is 17.7. The normalized spacial score (nSPS) is 13.9. The maximum absolute atomic E-state index is 15.2. The highest BCUT2D eigenvalue weighted by Crippen LogP contribution is 2.32. The van der Waals surface area contributed by atoms with Crippen LogP contribution >= 0.6 is 0 Å². The quantitative estimate of drug-likeness (QED) is 0.368. The number of benzene rings is 2. The van der Waals surface area contributed by atoms with Crippen molar-refractivity contribution in [2.45, 2.75) is 26.8 Å². The van der Waals surface area contributed by atoms with E-state index in [-0.39, 0.29) is 11.5 Å². The van der Waals surface area contributed by atoms with E-state index in [0.717, 1.165) is 35.7 Å². The van der Waals surface area contributed by atoms with Gasteiger partial charge in [-0.3, -0.25) is 14.4 Å². The molecule has 0 fully saturated rings. The number of carbonyl (C=O) groups is 1. The number of aryl methyl sites for hydroxylation is 3. The smallest absolute Gasteiger partial charge is 0.218 e. The zero-order valence-corrected chi connectivity index (χ0v) is 21.5. The molecule has 0 aliphatic carbocycles. The molecule has 3 heterocycles. The number of anilines is 2. The monoisotopic (exact) mass is 505 g/mol. The summed E-state index contributed by atoms with van der Waals surface area (Å²) in [7, 11) is 5.64. The van der Waals surface area contributed by atoms with Crippen molar-refractivity contribution in [1.29, 1.82) is 0 Å². The molecule has 0 saturated carbocycles. The van der Waals surface area contributed by atoms with Crippen LogP contribution in [-0.2, 0) is 24.8 Å². The molecule has 4 aromatic rings. The third-order valence-electron chi connectivity index (χ3n) is 6.89. The van der Waals surface area contributed by atoms with Crippen LogP contribution < -0.4 is 9.80 Å². The number of halogens is 2. The third kappa shape index (κ3) is 4.27. The fraction of sp³-hybridized carbons (Fsp3) is 0.296. The summed E-state index contributed by atoms with van der Waals surface area (Å²) in [5.41, 5.74) is 4.63. The molecule has 1 aliphatic rings. The van der Waals surface area contributed by atoms with E-state index in [1.165, 1.54) is 17.3 Å². The highest BCUT2D eigenvalue weighted by Gasteiger charge is 2.26. The van der Waals surface area contributed by atoms with Crippen molar-refractivity contribution < 1.29 is 13.6 Å². The van der Waals surface area contributed by atoms with Crippen LogP contribution in [0.25, 0.3) is 16.6 Å². The molecule has 0 radical (unpaired) electrons. The molecule has 0 N–H and O–H groups in total. The minimum Gasteiger partial charge on any atom is -0.334 e. The molecule has 0 spiro atoms. The molecule has 0 unspecified atom stereocenters. The molecular weight excluding hydrogens is 476 g/mol. The largest absolute Gasteiger partial charge is 0.334 e. The summed E-state index contributed by atoms with van der Waals surface area (Å²) >= 11 is 0. The van der Waals surface area contributed by atoms with Crippen molar-refractivity contribution in [3.63, 3.8) is 0 Å². The Morgan fingerprint density at radius 1 is 1.05 bits per heavy atom. The highest BCUT2D eigenvalue weighted by atomic mass is 19.1. The van der Waals surface area contributed by atoms with Crippen LogP contribution in [0.4, 0.5) is 20.3 Å². The second-order valence-electron chi connectivity index (χ2n) is 9.56. The van der Waals surface area contributed by atoms with Gasteiger partial charge in [-0.1, -0.05) is 0 Å². The van der Waals surface area contributed by atoms with Gasteiger partial charge in [-0.2, -0.15) is 10.2 Å². The van der Waals surface area contributed by atoms with E-state index in [1.807, 2.05) is 16.6 Å². The predicted octanol–water partition coefficient (Wildman–Crippen LogP) is 4.21. The molecule has 1 aliphatic heterocycles. The molecule has 10 heteroatoms. The summed E-state index contributed by atoms with van der Waals surface area (Å²) in [5, 5.41) is 9.32. The lowest BCUT2D eigenvalue weighted by atomic mass is 10.1. The van der Waals surface area contributed by atoms with E-state index in [1.54, 1.807) is 56.0 Å². The van der Waals surface area contributed by atoms with E-state index in [4.69, 9.17) is 5.10 Å². The van der Waals surface area contributed by atoms with Gasteiger partial charge in [0, 0.05) is 51.6 Å². The van der Waals surface area contributed by atoms with E-state index < -0.39 is 5.82 Å². The number of hydrogen-bond acceptors (Lipinski definition) is 5. The van der Waals surface area contributed by atoms with Crippen molar-refractivity contribution in [2.75, 3.05) is 30.4 Å². The van der Waals surface area contributed by atoms with Crippen LogP contribution in [0.1, 0.15) is 22.4 Å². The molecule has 0 saturated heterocycles. The maximum atomic E-state index is 15.2. The van der Waals surface area contributed by atoms with Crippen LogP contribution in [0.3, 0.4) is 0 Å². The average molecular weight is 506 g/mol.